The summed E-state index contributed by atoms with van der Waals surface area (Å²) in [5, 5.41) is 10.1. The molecule has 0 saturated heterocycles. The van der Waals surface area contributed by atoms with Crippen LogP contribution in [0.25, 0.3) is 0 Å². The molecule has 3 rings (SSSR count). The molecular formula is C22H20F3N5O2. The average Bonchev–Trinajstić information content (AvgIpc) is 2.76. The van der Waals surface area contributed by atoms with E-state index >= 15 is 0 Å². The zero-order chi connectivity index (χ0) is 23.1. The van der Waals surface area contributed by atoms with E-state index in [2.05, 4.69) is 26.3 Å². The molecule has 3 aromatic rings. The van der Waals surface area contributed by atoms with Crippen molar-refractivity contribution in [1.29, 1.82) is 0 Å². The Balaban J connectivity index is 2.06. The van der Waals surface area contributed by atoms with Crippen LogP contribution in [0.15, 0.2) is 67.0 Å². The fraction of sp³-hybridized carbons (Fsp3) is 0.136. The topological polar surface area (TPSA) is 95.1 Å². The lowest BCUT2D eigenvalue weighted by Gasteiger charge is -2.20. The SMILES string of the molecule is CCNC(=O)Nc1cc(Nc2ccccc2)c(C(F)(F)F)cc1NC(=O)c1cccnc1. The average molecular weight is 443 g/mol. The minimum Gasteiger partial charge on any atom is -0.355 e. The number of pyridine rings is 1. The third-order valence-corrected chi connectivity index (χ3v) is 4.27. The summed E-state index contributed by atoms with van der Waals surface area (Å²) in [5.74, 6) is -0.672. The molecule has 10 heteroatoms. The lowest BCUT2D eigenvalue weighted by atomic mass is 10.1. The van der Waals surface area contributed by atoms with Crippen LogP contribution in [-0.4, -0.2) is 23.5 Å². The van der Waals surface area contributed by atoms with E-state index in [0.29, 0.717) is 12.2 Å². The number of benzene rings is 2. The first-order valence-corrected chi connectivity index (χ1v) is 9.61. The number of anilines is 4. The molecular weight excluding hydrogens is 423 g/mol. The van der Waals surface area contributed by atoms with Crippen LogP contribution in [0.3, 0.4) is 0 Å². The molecule has 0 aliphatic heterocycles. The predicted octanol–water partition coefficient (Wildman–Crippen LogP) is 5.24. The monoisotopic (exact) mass is 443 g/mol. The highest BCUT2D eigenvalue weighted by atomic mass is 19.4. The second-order valence-electron chi connectivity index (χ2n) is 6.61. The number of alkyl halides is 3. The van der Waals surface area contributed by atoms with Crippen LogP contribution in [0.5, 0.6) is 0 Å². The summed E-state index contributed by atoms with van der Waals surface area (Å²) in [6.07, 6.45) is -1.98. The van der Waals surface area contributed by atoms with Gasteiger partial charge in [-0.25, -0.2) is 4.79 Å². The quantitative estimate of drug-likeness (QED) is 0.419. The van der Waals surface area contributed by atoms with Gasteiger partial charge >= 0.3 is 12.2 Å². The van der Waals surface area contributed by atoms with Crippen molar-refractivity contribution in [1.82, 2.24) is 10.3 Å². The number of nitrogens with one attached hydrogen (secondary N) is 4. The van der Waals surface area contributed by atoms with Crippen molar-refractivity contribution in [3.8, 4) is 0 Å². The van der Waals surface area contributed by atoms with Crippen LogP contribution in [0.2, 0.25) is 0 Å². The number of para-hydroxylation sites is 1. The fourth-order valence-corrected chi connectivity index (χ4v) is 2.84. The van der Waals surface area contributed by atoms with Crippen LogP contribution in [0, 0.1) is 0 Å². The minimum absolute atomic E-state index is 0.0142. The van der Waals surface area contributed by atoms with Crippen molar-refractivity contribution in [3.05, 3.63) is 78.1 Å². The number of halogens is 3. The van der Waals surface area contributed by atoms with Crippen molar-refractivity contribution in [2.45, 2.75) is 13.1 Å². The third kappa shape index (κ3) is 5.75. The number of rotatable bonds is 6. The van der Waals surface area contributed by atoms with E-state index in [0.717, 1.165) is 12.1 Å². The predicted molar refractivity (Wildman–Crippen MR) is 116 cm³/mol. The maximum absolute atomic E-state index is 13.8. The Kier molecular flexibility index (Phi) is 6.93. The van der Waals surface area contributed by atoms with E-state index in [1.807, 2.05) is 0 Å². The van der Waals surface area contributed by atoms with Crippen molar-refractivity contribution in [2.75, 3.05) is 22.5 Å². The molecule has 2 aromatic carbocycles. The number of carbonyl (C=O) groups excluding carboxylic acids is 2. The largest absolute Gasteiger partial charge is 0.418 e. The number of hydrogen-bond donors (Lipinski definition) is 4. The molecule has 1 heterocycles. The molecule has 0 radical (unpaired) electrons. The summed E-state index contributed by atoms with van der Waals surface area (Å²) < 4.78 is 41.5. The van der Waals surface area contributed by atoms with Crippen LogP contribution in [0.4, 0.5) is 40.7 Å². The molecule has 0 aliphatic rings. The molecule has 0 unspecified atom stereocenters. The molecule has 32 heavy (non-hydrogen) atoms. The Morgan fingerprint density at radius 3 is 2.28 bits per heavy atom. The Labute approximate surface area is 182 Å². The molecule has 0 saturated carbocycles. The highest BCUT2D eigenvalue weighted by Gasteiger charge is 2.35. The van der Waals surface area contributed by atoms with Gasteiger partial charge in [-0.15, -0.1) is 0 Å². The Morgan fingerprint density at radius 1 is 0.938 bits per heavy atom. The molecule has 7 nitrogen and oxygen atoms in total. The number of hydrogen-bond acceptors (Lipinski definition) is 4. The highest BCUT2D eigenvalue weighted by molar-refractivity contribution is 6.07. The standard InChI is InChI=1S/C22H20F3N5O2/c1-2-27-21(32)30-19-12-17(28-15-8-4-3-5-9-15)16(22(23,24)25)11-18(19)29-20(31)14-7-6-10-26-13-14/h3-13,28H,2H2,1H3,(H,29,31)(H2,27,30,32). The van der Waals surface area contributed by atoms with Gasteiger partial charge in [0, 0.05) is 24.6 Å². The van der Waals surface area contributed by atoms with Gasteiger partial charge < -0.3 is 21.3 Å². The van der Waals surface area contributed by atoms with Gasteiger partial charge in [0.15, 0.2) is 0 Å². The van der Waals surface area contributed by atoms with Gasteiger partial charge in [0.2, 0.25) is 0 Å². The Bertz CT molecular complexity index is 1090. The van der Waals surface area contributed by atoms with Crippen molar-refractivity contribution in [2.24, 2.45) is 0 Å². The number of amides is 3. The normalized spacial score (nSPS) is 10.9. The summed E-state index contributed by atoms with van der Waals surface area (Å²) in [6.45, 7) is 2.00. The van der Waals surface area contributed by atoms with Crippen LogP contribution in [-0.2, 0) is 6.18 Å². The minimum atomic E-state index is -4.73. The van der Waals surface area contributed by atoms with Crippen molar-refractivity contribution >= 4 is 34.7 Å². The first-order chi connectivity index (χ1) is 15.3. The maximum atomic E-state index is 13.8. The molecule has 1 aromatic heterocycles. The van der Waals surface area contributed by atoms with Gasteiger partial charge in [0.05, 0.1) is 28.2 Å². The van der Waals surface area contributed by atoms with Gasteiger partial charge in [-0.1, -0.05) is 18.2 Å². The van der Waals surface area contributed by atoms with Crippen LogP contribution >= 0.6 is 0 Å². The first-order valence-electron chi connectivity index (χ1n) is 9.61. The lowest BCUT2D eigenvalue weighted by molar-refractivity contribution is -0.136. The van der Waals surface area contributed by atoms with Crippen molar-refractivity contribution in [3.63, 3.8) is 0 Å². The molecule has 0 aliphatic carbocycles. The first kappa shape index (κ1) is 22.6. The van der Waals surface area contributed by atoms with Crippen LogP contribution in [0.1, 0.15) is 22.8 Å². The zero-order valence-corrected chi connectivity index (χ0v) is 17.0. The number of aromatic nitrogens is 1. The van der Waals surface area contributed by atoms with Gasteiger partial charge in [-0.2, -0.15) is 13.2 Å². The summed E-state index contributed by atoms with van der Waals surface area (Å²) in [4.78, 5) is 28.5. The highest BCUT2D eigenvalue weighted by Crippen LogP contribution is 2.41. The lowest BCUT2D eigenvalue weighted by Crippen LogP contribution is -2.29. The van der Waals surface area contributed by atoms with Crippen molar-refractivity contribution < 1.29 is 22.8 Å². The number of urea groups is 1. The number of nitrogens with zero attached hydrogens (tertiary/aromatic N) is 1. The van der Waals surface area contributed by atoms with Gasteiger partial charge in [0.25, 0.3) is 5.91 Å². The smallest absolute Gasteiger partial charge is 0.355 e. The fourth-order valence-electron chi connectivity index (χ4n) is 2.84. The molecule has 0 bridgehead atoms. The molecule has 0 spiro atoms. The Hall–Kier alpha value is -4.08. The summed E-state index contributed by atoms with van der Waals surface area (Å²) in [5.41, 5.74) is -0.944. The summed E-state index contributed by atoms with van der Waals surface area (Å²) in [6, 6.07) is 12.6. The second-order valence-corrected chi connectivity index (χ2v) is 6.61. The van der Waals surface area contributed by atoms with E-state index in [4.69, 9.17) is 0 Å². The van der Waals surface area contributed by atoms with Gasteiger partial charge in [0.1, 0.15) is 0 Å². The molecule has 166 valence electrons. The second kappa shape index (κ2) is 9.82. The third-order valence-electron chi connectivity index (χ3n) is 4.27. The molecule has 0 atom stereocenters. The molecule has 3 amide bonds. The zero-order valence-electron chi connectivity index (χ0n) is 17.0. The molecule has 4 N–H and O–H groups in total. The van der Waals surface area contributed by atoms with Gasteiger partial charge in [-0.3, -0.25) is 9.78 Å². The summed E-state index contributed by atoms with van der Waals surface area (Å²) >= 11 is 0. The summed E-state index contributed by atoms with van der Waals surface area (Å²) in [7, 11) is 0. The van der Waals surface area contributed by atoms with E-state index in [1.54, 1.807) is 37.3 Å². The van der Waals surface area contributed by atoms with E-state index in [9.17, 15) is 22.8 Å². The maximum Gasteiger partial charge on any atom is 0.418 e. The van der Waals surface area contributed by atoms with Gasteiger partial charge in [-0.05, 0) is 43.3 Å². The molecule has 0 fully saturated rings. The van der Waals surface area contributed by atoms with Crippen LogP contribution < -0.4 is 21.3 Å². The number of carbonyl (C=O) groups is 2. The van der Waals surface area contributed by atoms with E-state index in [-0.39, 0.29) is 22.6 Å². The van der Waals surface area contributed by atoms with E-state index in [1.165, 1.54) is 24.5 Å². The Morgan fingerprint density at radius 2 is 1.66 bits per heavy atom. The van der Waals surface area contributed by atoms with E-state index < -0.39 is 23.7 Å².